The first-order valence-corrected chi connectivity index (χ1v) is 9.11. The summed E-state index contributed by atoms with van der Waals surface area (Å²) in [6, 6.07) is 8.27. The molecule has 0 fully saturated rings. The highest BCUT2D eigenvalue weighted by Gasteiger charge is 2.22. The van der Waals surface area contributed by atoms with Crippen molar-refractivity contribution in [2.45, 2.75) is 19.3 Å². The highest BCUT2D eigenvalue weighted by molar-refractivity contribution is 7.80. The zero-order valence-electron chi connectivity index (χ0n) is 13.9. The summed E-state index contributed by atoms with van der Waals surface area (Å²) in [6.45, 7) is 0. The van der Waals surface area contributed by atoms with E-state index in [9.17, 15) is 14.9 Å². The molecule has 0 spiro atoms. The van der Waals surface area contributed by atoms with Gasteiger partial charge in [0.1, 0.15) is 11.1 Å². The molecular weight excluding hydrogens is 370 g/mol. The fraction of sp³-hybridized carbons (Fsp3) is 0.222. The summed E-state index contributed by atoms with van der Waals surface area (Å²) in [6.07, 6.45) is 2.95. The van der Waals surface area contributed by atoms with Crippen molar-refractivity contribution in [3.8, 4) is 6.07 Å². The molecule has 3 rings (SSSR count). The molecule has 0 saturated heterocycles. The predicted molar refractivity (Wildman–Crippen MR) is 103 cm³/mol. The van der Waals surface area contributed by atoms with E-state index >= 15 is 0 Å². The second kappa shape index (κ2) is 7.64. The standard InChI is InChI=1S/C18H15N3O3S2/c1-24-17(23)11-7-5-10(6-8-11)15(22)20-18(25)21-16-13(9-19)12-3-2-4-14(12)26-16/h5-8H,2-4H2,1H3,(H2,20,21,22,25). The number of thiophene rings is 1. The molecule has 0 atom stereocenters. The van der Waals surface area contributed by atoms with Crippen LogP contribution in [0.25, 0.3) is 0 Å². The quantitative estimate of drug-likeness (QED) is 0.623. The Morgan fingerprint density at radius 2 is 1.92 bits per heavy atom. The van der Waals surface area contributed by atoms with Crippen molar-refractivity contribution in [3.63, 3.8) is 0 Å². The number of anilines is 1. The van der Waals surface area contributed by atoms with E-state index in [0.29, 0.717) is 21.7 Å². The molecule has 26 heavy (non-hydrogen) atoms. The molecule has 0 unspecified atom stereocenters. The van der Waals surface area contributed by atoms with Gasteiger partial charge in [0.15, 0.2) is 5.11 Å². The number of hydrogen-bond donors (Lipinski definition) is 2. The van der Waals surface area contributed by atoms with Crippen LogP contribution in [0.1, 0.15) is 43.1 Å². The van der Waals surface area contributed by atoms with Gasteiger partial charge in [-0.1, -0.05) is 0 Å². The Morgan fingerprint density at radius 1 is 1.23 bits per heavy atom. The highest BCUT2D eigenvalue weighted by Crippen LogP contribution is 2.38. The second-order valence-corrected chi connectivity index (χ2v) is 7.16. The fourth-order valence-electron chi connectivity index (χ4n) is 2.80. The Labute approximate surface area is 159 Å². The van der Waals surface area contributed by atoms with Crippen molar-refractivity contribution < 1.29 is 14.3 Å². The summed E-state index contributed by atoms with van der Waals surface area (Å²) in [4.78, 5) is 24.9. The van der Waals surface area contributed by atoms with E-state index in [4.69, 9.17) is 12.2 Å². The normalized spacial score (nSPS) is 12.0. The van der Waals surface area contributed by atoms with Gasteiger partial charge in [-0.15, -0.1) is 11.3 Å². The van der Waals surface area contributed by atoms with Gasteiger partial charge >= 0.3 is 5.97 Å². The molecule has 1 aromatic carbocycles. The van der Waals surface area contributed by atoms with E-state index in [1.807, 2.05) is 0 Å². The Balaban J connectivity index is 1.66. The smallest absolute Gasteiger partial charge is 0.337 e. The Hall–Kier alpha value is -2.76. The van der Waals surface area contributed by atoms with Gasteiger partial charge in [0.25, 0.3) is 5.91 Å². The lowest BCUT2D eigenvalue weighted by molar-refractivity contribution is 0.0600. The van der Waals surface area contributed by atoms with Crippen molar-refractivity contribution in [2.75, 3.05) is 12.4 Å². The Kier molecular flexibility index (Phi) is 5.30. The summed E-state index contributed by atoms with van der Waals surface area (Å²) < 4.78 is 4.62. The lowest BCUT2D eigenvalue weighted by Gasteiger charge is -2.09. The van der Waals surface area contributed by atoms with Gasteiger partial charge < -0.3 is 10.1 Å². The third-order valence-corrected chi connectivity index (χ3v) is 5.47. The molecule has 1 aliphatic rings. The van der Waals surface area contributed by atoms with Crippen LogP contribution in [0.3, 0.4) is 0 Å². The number of hydrogen-bond acceptors (Lipinski definition) is 6. The van der Waals surface area contributed by atoms with Gasteiger partial charge in [0, 0.05) is 10.4 Å². The first-order chi connectivity index (χ1) is 12.5. The van der Waals surface area contributed by atoms with Crippen LogP contribution in [-0.2, 0) is 17.6 Å². The minimum atomic E-state index is -0.469. The van der Waals surface area contributed by atoms with E-state index in [1.165, 1.54) is 47.6 Å². The first kappa shape index (κ1) is 18.0. The molecule has 6 nitrogen and oxygen atoms in total. The largest absolute Gasteiger partial charge is 0.465 e. The number of nitrogens with zero attached hydrogens (tertiary/aromatic N) is 1. The first-order valence-electron chi connectivity index (χ1n) is 7.89. The van der Waals surface area contributed by atoms with Crippen LogP contribution < -0.4 is 10.6 Å². The van der Waals surface area contributed by atoms with Crippen molar-refractivity contribution in [3.05, 3.63) is 51.4 Å². The van der Waals surface area contributed by atoms with Gasteiger partial charge in [0.05, 0.1) is 18.2 Å². The van der Waals surface area contributed by atoms with Crippen LogP contribution in [0.4, 0.5) is 5.00 Å². The lowest BCUT2D eigenvalue weighted by atomic mass is 10.1. The number of benzene rings is 1. The number of methoxy groups -OCH3 is 1. The molecule has 1 amide bonds. The fourth-order valence-corrected chi connectivity index (χ4v) is 4.30. The SMILES string of the molecule is COC(=O)c1ccc(C(=O)NC(=S)Nc2sc3c(c2C#N)CCC3)cc1. The van der Waals surface area contributed by atoms with Crippen molar-refractivity contribution in [1.82, 2.24) is 5.32 Å². The van der Waals surface area contributed by atoms with E-state index in [2.05, 4.69) is 21.4 Å². The maximum absolute atomic E-state index is 12.3. The lowest BCUT2D eigenvalue weighted by Crippen LogP contribution is -2.34. The Morgan fingerprint density at radius 3 is 2.58 bits per heavy atom. The van der Waals surface area contributed by atoms with Gasteiger partial charge in [-0.3, -0.25) is 10.1 Å². The van der Waals surface area contributed by atoms with E-state index in [-0.39, 0.29) is 5.11 Å². The number of rotatable bonds is 3. The summed E-state index contributed by atoms with van der Waals surface area (Å²) in [5.41, 5.74) is 2.42. The second-order valence-electron chi connectivity index (χ2n) is 5.65. The number of amides is 1. The van der Waals surface area contributed by atoms with Crippen LogP contribution in [0, 0.1) is 11.3 Å². The molecule has 1 heterocycles. The van der Waals surface area contributed by atoms with Gasteiger partial charge in [-0.2, -0.15) is 5.26 Å². The molecule has 132 valence electrons. The van der Waals surface area contributed by atoms with Crippen molar-refractivity contribution >= 4 is 45.5 Å². The Bertz CT molecular complexity index is 926. The monoisotopic (exact) mass is 385 g/mol. The number of carbonyl (C=O) groups excluding carboxylic acids is 2. The number of nitriles is 1. The van der Waals surface area contributed by atoms with Crippen LogP contribution in [0.5, 0.6) is 0 Å². The summed E-state index contributed by atoms with van der Waals surface area (Å²) in [5.74, 6) is -0.870. The van der Waals surface area contributed by atoms with Crippen LogP contribution >= 0.6 is 23.6 Å². The van der Waals surface area contributed by atoms with Gasteiger partial charge in [-0.05, 0) is 61.3 Å². The van der Waals surface area contributed by atoms with Gasteiger partial charge in [-0.25, -0.2) is 4.79 Å². The van der Waals surface area contributed by atoms with E-state index in [0.717, 1.165) is 24.8 Å². The minimum absolute atomic E-state index is 0.128. The number of carbonyl (C=O) groups is 2. The van der Waals surface area contributed by atoms with Crippen molar-refractivity contribution in [2.24, 2.45) is 0 Å². The molecule has 8 heteroatoms. The molecule has 0 bridgehead atoms. The number of aryl methyl sites for hydroxylation is 1. The third-order valence-electron chi connectivity index (χ3n) is 4.06. The van der Waals surface area contributed by atoms with Crippen LogP contribution in [-0.4, -0.2) is 24.1 Å². The molecule has 2 N–H and O–H groups in total. The van der Waals surface area contributed by atoms with E-state index in [1.54, 1.807) is 0 Å². The summed E-state index contributed by atoms with van der Waals surface area (Å²) >= 11 is 6.70. The number of nitrogens with one attached hydrogen (secondary N) is 2. The molecule has 0 aliphatic heterocycles. The maximum Gasteiger partial charge on any atom is 0.337 e. The number of fused-ring (bicyclic) bond motifs is 1. The number of ether oxygens (including phenoxy) is 1. The minimum Gasteiger partial charge on any atom is -0.465 e. The van der Waals surface area contributed by atoms with E-state index < -0.39 is 11.9 Å². The topological polar surface area (TPSA) is 91.2 Å². The number of thiocarbonyl (C=S) groups is 1. The molecule has 1 aliphatic carbocycles. The van der Waals surface area contributed by atoms with Crippen molar-refractivity contribution in [1.29, 1.82) is 5.26 Å². The van der Waals surface area contributed by atoms with Gasteiger partial charge in [0.2, 0.25) is 0 Å². The average molecular weight is 385 g/mol. The molecular formula is C18H15N3O3S2. The molecule has 0 radical (unpaired) electrons. The van der Waals surface area contributed by atoms with Crippen LogP contribution in [0.15, 0.2) is 24.3 Å². The maximum atomic E-state index is 12.3. The zero-order valence-corrected chi connectivity index (χ0v) is 15.6. The molecule has 2 aromatic rings. The number of esters is 1. The summed E-state index contributed by atoms with van der Waals surface area (Å²) in [7, 11) is 1.29. The highest BCUT2D eigenvalue weighted by atomic mass is 32.1. The predicted octanol–water partition coefficient (Wildman–Crippen LogP) is 3.02. The third kappa shape index (κ3) is 3.59. The molecule has 0 saturated carbocycles. The van der Waals surface area contributed by atoms with Crippen LogP contribution in [0.2, 0.25) is 0 Å². The summed E-state index contributed by atoms with van der Waals surface area (Å²) in [5, 5.41) is 15.7. The zero-order chi connectivity index (χ0) is 18.7. The molecule has 1 aromatic heterocycles. The average Bonchev–Trinajstić information content (AvgIpc) is 3.21.